The number of carbonyl (C=O) groups is 1. The Kier molecular flexibility index (Phi) is 10.7. The fourth-order valence-electron chi connectivity index (χ4n) is 4.80. The number of hydrogen-bond acceptors (Lipinski definition) is 4. The monoisotopic (exact) mass is 832 g/mol. The maximum absolute atomic E-state index is 14.2. The van der Waals surface area contributed by atoms with Crippen LogP contribution in [0, 0.1) is 30.7 Å². The zero-order valence-corrected chi connectivity index (χ0v) is 29.1. The Hall–Kier alpha value is -3.82. The number of allylic oxidation sites excluding steroid dienone is 2. The van der Waals surface area contributed by atoms with Crippen molar-refractivity contribution in [3.05, 3.63) is 95.5 Å². The number of aliphatic hydroxyl groups is 1. The van der Waals surface area contributed by atoms with Crippen molar-refractivity contribution in [3.8, 4) is 11.3 Å². The number of ketones is 1. The molecule has 1 aromatic heterocycles. The summed E-state index contributed by atoms with van der Waals surface area (Å²) in [6.45, 7) is 10.2. The molecular weight excluding hydrogens is 799 g/mol. The molecule has 0 amide bonds. The minimum atomic E-state index is -4.59. The molecule has 0 saturated carbocycles. The Balaban J connectivity index is 0.000000304. The maximum Gasteiger partial charge on any atom is 0.419 e. The smallest absolute Gasteiger partial charge is 0.419 e. The van der Waals surface area contributed by atoms with E-state index in [-0.39, 0.29) is 31.0 Å². The molecule has 0 spiro atoms. The predicted molar refractivity (Wildman–Crippen MR) is 168 cm³/mol. The van der Waals surface area contributed by atoms with Gasteiger partial charge < -0.3 is 5.11 Å². The number of halogens is 6. The van der Waals surface area contributed by atoms with E-state index in [1.165, 1.54) is 6.33 Å². The van der Waals surface area contributed by atoms with Crippen LogP contribution >= 0.6 is 0 Å². The van der Waals surface area contributed by atoms with Crippen LogP contribution in [0.25, 0.3) is 43.7 Å². The Bertz CT molecular complexity index is 1970. The predicted octanol–water partition coefficient (Wildman–Crippen LogP) is 10.7. The molecule has 0 fully saturated rings. The van der Waals surface area contributed by atoms with E-state index in [0.717, 1.165) is 35.7 Å². The molecule has 1 heterocycles. The zero-order valence-electron chi connectivity index (χ0n) is 26.7. The molecule has 251 valence electrons. The molecule has 0 aliphatic carbocycles. The number of hydrogen-bond donors (Lipinski definition) is 1. The topological polar surface area (TPSA) is 63.1 Å². The summed E-state index contributed by atoms with van der Waals surface area (Å²) in [5.41, 5.74) is -1.03. The molecule has 11 heteroatoms. The molecule has 4 aromatic carbocycles. The first-order chi connectivity index (χ1) is 21.1. The second kappa shape index (κ2) is 13.4. The van der Waals surface area contributed by atoms with E-state index in [0.29, 0.717) is 28.1 Å². The first-order valence-electron chi connectivity index (χ1n) is 14.3. The minimum Gasteiger partial charge on any atom is -0.511 e. The second-order valence-corrected chi connectivity index (χ2v) is 12.8. The molecule has 0 saturated heterocycles. The van der Waals surface area contributed by atoms with Gasteiger partial charge in [0.15, 0.2) is 5.78 Å². The first-order valence-corrected chi connectivity index (χ1v) is 14.3. The van der Waals surface area contributed by atoms with Crippen molar-refractivity contribution in [2.75, 3.05) is 0 Å². The van der Waals surface area contributed by atoms with Gasteiger partial charge in [-0.15, -0.1) is 34.9 Å². The average Bonchev–Trinajstić information content (AvgIpc) is 2.92. The SMILES string of the molecule is CC(C)(C)C(=O)/C=C(\O)C(C)(C)C(F)(F)F.Cc1[c-]c(-c2ncnc3c(C(F)(F)F)c4cc5ccccc5cc4cc23)cc(C)c1.[Ir]. The van der Waals surface area contributed by atoms with Crippen LogP contribution in [0.1, 0.15) is 51.3 Å². The maximum atomic E-state index is 14.2. The minimum absolute atomic E-state index is 0. The van der Waals surface area contributed by atoms with Gasteiger partial charge in [-0.2, -0.15) is 26.3 Å². The van der Waals surface area contributed by atoms with Gasteiger partial charge in [0.05, 0.1) is 11.1 Å². The Morgan fingerprint density at radius 2 is 1.38 bits per heavy atom. The third kappa shape index (κ3) is 8.01. The molecule has 0 aliphatic rings. The summed E-state index contributed by atoms with van der Waals surface area (Å²) in [6, 6.07) is 19.6. The summed E-state index contributed by atoms with van der Waals surface area (Å²) in [6.07, 6.45) is -7.29. The number of benzene rings is 4. The van der Waals surface area contributed by atoms with Gasteiger partial charge in [0.2, 0.25) is 0 Å². The van der Waals surface area contributed by atoms with Crippen LogP contribution in [0.4, 0.5) is 26.3 Å². The summed E-state index contributed by atoms with van der Waals surface area (Å²) in [4.78, 5) is 19.9. The summed E-state index contributed by atoms with van der Waals surface area (Å²) < 4.78 is 80.3. The van der Waals surface area contributed by atoms with Gasteiger partial charge in [-0.1, -0.05) is 65.0 Å². The summed E-state index contributed by atoms with van der Waals surface area (Å²) in [7, 11) is 0. The summed E-state index contributed by atoms with van der Waals surface area (Å²) in [5.74, 6) is -1.50. The van der Waals surface area contributed by atoms with E-state index >= 15 is 0 Å². The number of alkyl halides is 6. The summed E-state index contributed by atoms with van der Waals surface area (Å²) >= 11 is 0. The van der Waals surface area contributed by atoms with Crippen LogP contribution in [0.3, 0.4) is 0 Å². The van der Waals surface area contributed by atoms with E-state index in [9.17, 15) is 36.2 Å². The number of rotatable bonds is 3. The Morgan fingerprint density at radius 1 is 0.809 bits per heavy atom. The Morgan fingerprint density at radius 3 is 1.91 bits per heavy atom. The third-order valence-electron chi connectivity index (χ3n) is 7.65. The fourth-order valence-corrected chi connectivity index (χ4v) is 4.80. The van der Waals surface area contributed by atoms with Crippen LogP contribution < -0.4 is 0 Å². The molecule has 4 nitrogen and oxygen atoms in total. The van der Waals surface area contributed by atoms with Gasteiger partial charge in [0.25, 0.3) is 0 Å². The number of aryl methyl sites for hydroxylation is 2. The number of aromatic nitrogens is 2. The molecule has 0 atom stereocenters. The van der Waals surface area contributed by atoms with Crippen LogP contribution in [-0.4, -0.2) is 27.0 Å². The summed E-state index contributed by atoms with van der Waals surface area (Å²) in [5, 5.41) is 12.0. The van der Waals surface area contributed by atoms with Gasteiger partial charge in [0.1, 0.15) is 17.5 Å². The molecule has 47 heavy (non-hydrogen) atoms. The molecule has 5 aromatic rings. The zero-order chi connectivity index (χ0) is 34.4. The van der Waals surface area contributed by atoms with Crippen molar-refractivity contribution in [1.82, 2.24) is 9.97 Å². The first kappa shape index (κ1) is 37.6. The molecule has 1 radical (unpaired) electrons. The second-order valence-electron chi connectivity index (χ2n) is 12.8. The standard InChI is InChI=1S/C25H16F3N2.C11H17F3O2.Ir/c1-14-7-15(2)9-19(8-14)23-21-12-18-10-16-5-3-4-6-17(16)11-20(18)22(25(26,27)28)24(21)30-13-29-23;1-9(2,3)7(15)6-8(16)10(4,5)11(12,13)14;/h3-8,10-13H,1-2H3;6,16H,1-5H3;/q-1;;/b;8-6-;. The molecule has 0 unspecified atom stereocenters. The molecule has 5 rings (SSSR count). The van der Waals surface area contributed by atoms with E-state index in [1.807, 2.05) is 50.2 Å². The van der Waals surface area contributed by atoms with Crippen LogP contribution in [-0.2, 0) is 31.1 Å². The van der Waals surface area contributed by atoms with Gasteiger partial charge >= 0.3 is 12.4 Å². The molecule has 0 bridgehead atoms. The van der Waals surface area contributed by atoms with Crippen molar-refractivity contribution >= 4 is 38.2 Å². The van der Waals surface area contributed by atoms with E-state index in [4.69, 9.17) is 0 Å². The number of aliphatic hydroxyl groups excluding tert-OH is 1. The fraction of sp³-hybridized carbons (Fsp3) is 0.306. The van der Waals surface area contributed by atoms with Crippen molar-refractivity contribution < 1.29 is 56.3 Å². The Labute approximate surface area is 282 Å². The van der Waals surface area contributed by atoms with E-state index < -0.39 is 40.3 Å². The molecule has 1 N–H and O–H groups in total. The van der Waals surface area contributed by atoms with Gasteiger partial charge in [-0.3, -0.25) is 9.78 Å². The molecular formula is C36H33F6IrN2O2-. The van der Waals surface area contributed by atoms with Gasteiger partial charge in [-0.05, 0) is 58.6 Å². The van der Waals surface area contributed by atoms with Crippen molar-refractivity contribution in [1.29, 1.82) is 0 Å². The number of carbonyl (C=O) groups excluding carboxylic acids is 1. The number of nitrogens with zero attached hydrogens (tertiary/aromatic N) is 2. The third-order valence-corrected chi connectivity index (χ3v) is 7.65. The van der Waals surface area contributed by atoms with E-state index in [1.54, 1.807) is 39.0 Å². The van der Waals surface area contributed by atoms with Crippen LogP contribution in [0.5, 0.6) is 0 Å². The quantitative estimate of drug-likeness (QED) is 0.0647. The van der Waals surface area contributed by atoms with Crippen molar-refractivity contribution in [2.24, 2.45) is 10.8 Å². The normalized spacial score (nSPS) is 12.9. The average molecular weight is 832 g/mol. The van der Waals surface area contributed by atoms with Crippen molar-refractivity contribution in [2.45, 2.75) is 60.8 Å². The number of fused-ring (bicyclic) bond motifs is 3. The largest absolute Gasteiger partial charge is 0.511 e. The van der Waals surface area contributed by atoms with Crippen molar-refractivity contribution in [3.63, 3.8) is 0 Å². The molecule has 0 aliphatic heterocycles. The van der Waals surface area contributed by atoms with Crippen LogP contribution in [0.2, 0.25) is 0 Å². The van der Waals surface area contributed by atoms with E-state index in [2.05, 4.69) is 16.0 Å². The van der Waals surface area contributed by atoms with Gasteiger partial charge in [-0.25, -0.2) is 4.98 Å². The van der Waals surface area contributed by atoms with Crippen LogP contribution in [0.15, 0.2) is 72.8 Å². The van der Waals surface area contributed by atoms with Gasteiger partial charge in [0, 0.05) is 31.6 Å².